The van der Waals surface area contributed by atoms with Gasteiger partial charge in [-0.15, -0.1) is 5.10 Å². The first kappa shape index (κ1) is 7.71. The van der Waals surface area contributed by atoms with Gasteiger partial charge in [0, 0.05) is 0 Å². The lowest BCUT2D eigenvalue weighted by Crippen LogP contribution is -2.07. The number of ether oxygens (including phenoxy) is 1. The lowest BCUT2D eigenvalue weighted by molar-refractivity contribution is -0.142. The smallest absolute Gasteiger partial charge is 0.311 e. The monoisotopic (exact) mass is 154 g/mol. The zero-order chi connectivity index (χ0) is 8.10. The van der Waals surface area contributed by atoms with Gasteiger partial charge in [-0.25, -0.2) is 0 Å². The van der Waals surface area contributed by atoms with Crippen LogP contribution in [0.2, 0.25) is 0 Å². The van der Waals surface area contributed by atoms with E-state index in [-0.39, 0.29) is 12.4 Å². The van der Waals surface area contributed by atoms with Gasteiger partial charge in [-0.05, 0) is 6.92 Å². The molecule has 59 valence electrons. The molecule has 1 rings (SSSR count). The predicted octanol–water partition coefficient (Wildman–Crippen LogP) is -0.290. The number of aromatic nitrogens is 3. The number of rotatable bonds is 3. The summed E-state index contributed by atoms with van der Waals surface area (Å²) in [5.74, 6) is -0.296. The van der Waals surface area contributed by atoms with Crippen LogP contribution in [0.5, 0.6) is 0 Å². The van der Waals surface area contributed by atoms with Crippen molar-refractivity contribution in [3.63, 3.8) is 0 Å². The van der Waals surface area contributed by atoms with E-state index in [0.29, 0.717) is 12.3 Å². The molecule has 0 amide bonds. The van der Waals surface area contributed by atoms with E-state index in [9.17, 15) is 4.79 Å². The van der Waals surface area contributed by atoms with Crippen LogP contribution in [-0.2, 0) is 16.0 Å². The largest absolute Gasteiger partial charge is 0.466 e. The third kappa shape index (κ3) is 2.37. The highest BCUT2D eigenvalue weighted by Gasteiger charge is 2.04. The average molecular weight is 154 g/mol. The van der Waals surface area contributed by atoms with Gasteiger partial charge < -0.3 is 4.74 Å². The molecule has 1 radical (unpaired) electrons. The van der Waals surface area contributed by atoms with Crippen LogP contribution in [0.4, 0.5) is 0 Å². The molecule has 1 aromatic rings. The predicted molar refractivity (Wildman–Crippen MR) is 35.6 cm³/mol. The SMILES string of the molecule is CCOC(=O)Cc1[c]nn[nH]1. The molecule has 0 aliphatic heterocycles. The van der Waals surface area contributed by atoms with Crippen molar-refractivity contribution < 1.29 is 9.53 Å². The summed E-state index contributed by atoms with van der Waals surface area (Å²) in [6.45, 7) is 2.15. The molecule has 0 bridgehead atoms. The van der Waals surface area contributed by atoms with Gasteiger partial charge in [-0.3, -0.25) is 9.89 Å². The topological polar surface area (TPSA) is 67.9 Å². The maximum atomic E-state index is 10.8. The summed E-state index contributed by atoms with van der Waals surface area (Å²) in [6.07, 6.45) is 2.66. The Morgan fingerprint density at radius 2 is 2.64 bits per heavy atom. The van der Waals surface area contributed by atoms with Crippen molar-refractivity contribution in [2.75, 3.05) is 6.61 Å². The van der Waals surface area contributed by atoms with Crippen molar-refractivity contribution >= 4 is 5.97 Å². The molecule has 5 nitrogen and oxygen atoms in total. The van der Waals surface area contributed by atoms with Crippen molar-refractivity contribution in [1.82, 2.24) is 15.4 Å². The Hall–Kier alpha value is -1.39. The van der Waals surface area contributed by atoms with Crippen LogP contribution in [0.15, 0.2) is 0 Å². The molecular formula is C6H8N3O2. The summed E-state index contributed by atoms with van der Waals surface area (Å²) in [5.41, 5.74) is 0.545. The first-order valence-electron chi connectivity index (χ1n) is 3.26. The summed E-state index contributed by atoms with van der Waals surface area (Å²) < 4.78 is 4.68. The van der Waals surface area contributed by atoms with Crippen LogP contribution in [0, 0.1) is 6.20 Å². The molecular weight excluding hydrogens is 146 g/mol. The fraction of sp³-hybridized carbons (Fsp3) is 0.500. The van der Waals surface area contributed by atoms with Crippen molar-refractivity contribution in [1.29, 1.82) is 0 Å². The second-order valence-corrected chi connectivity index (χ2v) is 1.88. The number of carbonyl (C=O) groups excluding carboxylic acids is 1. The lowest BCUT2D eigenvalue weighted by atomic mass is 10.3. The van der Waals surface area contributed by atoms with Crippen LogP contribution in [0.25, 0.3) is 0 Å². The third-order valence-corrected chi connectivity index (χ3v) is 1.05. The average Bonchev–Trinajstić information content (AvgIpc) is 2.40. The quantitative estimate of drug-likeness (QED) is 0.607. The molecule has 11 heavy (non-hydrogen) atoms. The maximum Gasteiger partial charge on any atom is 0.311 e. The van der Waals surface area contributed by atoms with Gasteiger partial charge in [0.05, 0.1) is 18.7 Å². The minimum Gasteiger partial charge on any atom is -0.466 e. The number of esters is 1. The second-order valence-electron chi connectivity index (χ2n) is 1.88. The Balaban J connectivity index is 2.37. The standard InChI is InChI=1S/C6H8N3O2/c1-2-11-6(10)3-5-4-7-9-8-5/h2-3H2,1H3,(H,7,8,9). The molecule has 0 unspecified atom stereocenters. The number of hydrogen-bond acceptors (Lipinski definition) is 4. The van der Waals surface area contributed by atoms with E-state index >= 15 is 0 Å². The Kier molecular flexibility index (Phi) is 2.59. The number of hydrogen-bond donors (Lipinski definition) is 1. The Morgan fingerprint density at radius 1 is 1.82 bits per heavy atom. The van der Waals surface area contributed by atoms with Gasteiger partial charge in [0.2, 0.25) is 0 Å². The van der Waals surface area contributed by atoms with Gasteiger partial charge in [0.1, 0.15) is 6.20 Å². The fourth-order valence-electron chi connectivity index (χ4n) is 0.631. The van der Waals surface area contributed by atoms with Gasteiger partial charge >= 0.3 is 5.97 Å². The summed E-state index contributed by atoms with van der Waals surface area (Å²) in [5, 5.41) is 9.30. The highest BCUT2D eigenvalue weighted by molar-refractivity contribution is 5.71. The molecule has 1 heterocycles. The van der Waals surface area contributed by atoms with Crippen molar-refractivity contribution in [2.24, 2.45) is 0 Å². The van der Waals surface area contributed by atoms with Crippen molar-refractivity contribution in [2.45, 2.75) is 13.3 Å². The molecule has 0 spiro atoms. The fourth-order valence-corrected chi connectivity index (χ4v) is 0.631. The number of nitrogens with one attached hydrogen (secondary N) is 1. The lowest BCUT2D eigenvalue weighted by Gasteiger charge is -1.96. The van der Waals surface area contributed by atoms with E-state index in [1.807, 2.05) is 0 Å². The summed E-state index contributed by atoms with van der Waals surface area (Å²) in [6, 6.07) is 0. The van der Waals surface area contributed by atoms with E-state index in [4.69, 9.17) is 0 Å². The zero-order valence-electron chi connectivity index (χ0n) is 6.13. The highest BCUT2D eigenvalue weighted by atomic mass is 16.5. The molecule has 1 aromatic heterocycles. The van der Waals surface area contributed by atoms with Gasteiger partial charge in [-0.1, -0.05) is 5.21 Å². The normalized spacial score (nSPS) is 9.55. The molecule has 0 saturated heterocycles. The number of nitrogens with zero attached hydrogens (tertiary/aromatic N) is 2. The van der Waals surface area contributed by atoms with E-state index in [1.165, 1.54) is 0 Å². The van der Waals surface area contributed by atoms with E-state index in [1.54, 1.807) is 6.92 Å². The summed E-state index contributed by atoms with van der Waals surface area (Å²) in [7, 11) is 0. The molecule has 0 saturated carbocycles. The minimum atomic E-state index is -0.296. The molecule has 1 N–H and O–H groups in total. The van der Waals surface area contributed by atoms with Crippen LogP contribution in [0.1, 0.15) is 12.6 Å². The number of aromatic amines is 1. The van der Waals surface area contributed by atoms with E-state index < -0.39 is 0 Å². The molecule has 0 aliphatic rings. The Labute approximate surface area is 63.8 Å². The van der Waals surface area contributed by atoms with Crippen LogP contribution < -0.4 is 0 Å². The Morgan fingerprint density at radius 3 is 3.18 bits per heavy atom. The molecule has 0 atom stereocenters. The van der Waals surface area contributed by atoms with Gasteiger partial charge in [0.25, 0.3) is 0 Å². The highest BCUT2D eigenvalue weighted by Crippen LogP contribution is 1.91. The third-order valence-electron chi connectivity index (χ3n) is 1.05. The minimum absolute atomic E-state index is 0.154. The van der Waals surface area contributed by atoms with E-state index in [0.717, 1.165) is 0 Å². The summed E-state index contributed by atoms with van der Waals surface area (Å²) in [4.78, 5) is 10.8. The van der Waals surface area contributed by atoms with E-state index in [2.05, 4.69) is 26.3 Å². The molecule has 5 heteroatoms. The number of carbonyl (C=O) groups is 1. The van der Waals surface area contributed by atoms with Gasteiger partial charge in [-0.2, -0.15) is 0 Å². The second kappa shape index (κ2) is 3.70. The van der Waals surface area contributed by atoms with Crippen LogP contribution in [-0.4, -0.2) is 28.0 Å². The number of H-pyrrole nitrogens is 1. The van der Waals surface area contributed by atoms with Gasteiger partial charge in [0.15, 0.2) is 0 Å². The first-order chi connectivity index (χ1) is 5.33. The maximum absolute atomic E-state index is 10.8. The zero-order valence-corrected chi connectivity index (χ0v) is 6.13. The Bertz CT molecular complexity index is 220. The first-order valence-corrected chi connectivity index (χ1v) is 3.26. The van der Waals surface area contributed by atoms with Crippen LogP contribution >= 0.6 is 0 Å². The molecule has 0 aliphatic carbocycles. The molecule has 0 fully saturated rings. The van der Waals surface area contributed by atoms with Crippen molar-refractivity contribution in [3.8, 4) is 0 Å². The summed E-state index contributed by atoms with van der Waals surface area (Å²) >= 11 is 0. The molecule has 0 aromatic carbocycles. The van der Waals surface area contributed by atoms with Crippen LogP contribution in [0.3, 0.4) is 0 Å². The van der Waals surface area contributed by atoms with Crippen molar-refractivity contribution in [3.05, 3.63) is 11.9 Å².